The summed E-state index contributed by atoms with van der Waals surface area (Å²) >= 11 is 3.26. The van der Waals surface area contributed by atoms with Crippen LogP contribution in [0.5, 0.6) is 0 Å². The van der Waals surface area contributed by atoms with Crippen molar-refractivity contribution in [3.63, 3.8) is 0 Å². The van der Waals surface area contributed by atoms with E-state index >= 15 is 0 Å². The maximum Gasteiger partial charge on any atom is 0.150 e. The molecule has 0 bridgehead atoms. The minimum absolute atomic E-state index is 0.707. The number of hydrogen-bond donors (Lipinski definition) is 0. The molecule has 0 spiro atoms. The van der Waals surface area contributed by atoms with Crippen molar-refractivity contribution in [1.29, 1.82) is 0 Å². The van der Waals surface area contributed by atoms with Gasteiger partial charge in [-0.2, -0.15) is 0 Å². The molecule has 3 heteroatoms. The van der Waals surface area contributed by atoms with Crippen molar-refractivity contribution in [1.82, 2.24) is 0 Å². The summed E-state index contributed by atoms with van der Waals surface area (Å²) in [4.78, 5) is 20.2. The third-order valence-corrected chi connectivity index (χ3v) is 2.75. The first-order valence-electron chi connectivity index (χ1n) is 5.38. The summed E-state index contributed by atoms with van der Waals surface area (Å²) in [5, 5.41) is 0. The van der Waals surface area contributed by atoms with E-state index in [9.17, 15) is 9.59 Å². The van der Waals surface area contributed by atoms with E-state index in [-0.39, 0.29) is 0 Å². The van der Waals surface area contributed by atoms with E-state index in [1.165, 1.54) is 5.56 Å². The van der Waals surface area contributed by atoms with Crippen LogP contribution in [0.4, 0.5) is 0 Å². The van der Waals surface area contributed by atoms with Gasteiger partial charge in [0.1, 0.15) is 12.6 Å². The molecule has 0 aliphatic heterocycles. The van der Waals surface area contributed by atoms with Gasteiger partial charge in [-0.1, -0.05) is 57.9 Å². The Balaban J connectivity index is 0.000000180. The summed E-state index contributed by atoms with van der Waals surface area (Å²) in [6, 6.07) is 14.7. The lowest BCUT2D eigenvalue weighted by Gasteiger charge is -1.89. The van der Waals surface area contributed by atoms with Gasteiger partial charge in [-0.25, -0.2) is 0 Å². The molecule has 0 heterocycles. The molecule has 18 heavy (non-hydrogen) atoms. The molecule has 0 radical (unpaired) electrons. The van der Waals surface area contributed by atoms with Crippen LogP contribution in [-0.4, -0.2) is 12.6 Å². The number of aryl methyl sites for hydroxylation is 1. The zero-order valence-electron chi connectivity index (χ0n) is 9.97. The van der Waals surface area contributed by atoms with E-state index in [2.05, 4.69) is 15.9 Å². The predicted molar refractivity (Wildman–Crippen MR) is 76.1 cm³/mol. The lowest BCUT2D eigenvalue weighted by Crippen LogP contribution is -1.77. The maximum atomic E-state index is 10.1. The molecule has 0 saturated heterocycles. The molecule has 2 nitrogen and oxygen atoms in total. The topological polar surface area (TPSA) is 34.1 Å². The van der Waals surface area contributed by atoms with Gasteiger partial charge in [0.25, 0.3) is 0 Å². The summed E-state index contributed by atoms with van der Waals surface area (Å²) in [5.41, 5.74) is 2.62. The molecule has 0 saturated carbocycles. The number of hydrogen-bond acceptors (Lipinski definition) is 2. The maximum absolute atomic E-state index is 10.1. The Morgan fingerprint density at radius 2 is 1.17 bits per heavy atom. The highest BCUT2D eigenvalue weighted by atomic mass is 79.9. The molecule has 0 aliphatic carbocycles. The Morgan fingerprint density at radius 3 is 1.56 bits per heavy atom. The predicted octanol–water partition coefficient (Wildman–Crippen LogP) is 4.07. The molecule has 0 aromatic heterocycles. The highest BCUT2D eigenvalue weighted by molar-refractivity contribution is 9.10. The second kappa shape index (κ2) is 7.56. The molecular weight excluding hydrogens is 292 g/mol. The number of halogens is 1. The Labute approximate surface area is 115 Å². The first-order valence-corrected chi connectivity index (χ1v) is 6.17. The summed E-state index contributed by atoms with van der Waals surface area (Å²) < 4.78 is 0.994. The van der Waals surface area contributed by atoms with Crippen LogP contribution in [0.25, 0.3) is 0 Å². The normalized spacial score (nSPS) is 9.00. The van der Waals surface area contributed by atoms with Gasteiger partial charge in [-0.15, -0.1) is 0 Å². The molecule has 2 rings (SSSR count). The van der Waals surface area contributed by atoms with Crippen LogP contribution in [-0.2, 0) is 0 Å². The summed E-state index contributed by atoms with van der Waals surface area (Å²) in [5.74, 6) is 0. The van der Waals surface area contributed by atoms with Gasteiger partial charge >= 0.3 is 0 Å². The van der Waals surface area contributed by atoms with Crippen molar-refractivity contribution in [2.45, 2.75) is 6.92 Å². The number of rotatable bonds is 2. The van der Waals surface area contributed by atoms with Crippen LogP contribution >= 0.6 is 15.9 Å². The lowest BCUT2D eigenvalue weighted by molar-refractivity contribution is 0.111. The molecule has 0 N–H and O–H groups in total. The Hall–Kier alpha value is -1.74. The van der Waals surface area contributed by atoms with Crippen LogP contribution in [0.2, 0.25) is 0 Å². The van der Waals surface area contributed by atoms with Crippen molar-refractivity contribution in [2.75, 3.05) is 0 Å². The monoisotopic (exact) mass is 304 g/mol. The van der Waals surface area contributed by atoms with Gasteiger partial charge in [0.2, 0.25) is 0 Å². The third-order valence-electron chi connectivity index (χ3n) is 2.22. The van der Waals surface area contributed by atoms with Gasteiger partial charge in [-0.05, 0) is 19.1 Å². The van der Waals surface area contributed by atoms with Crippen LogP contribution in [0, 0.1) is 6.92 Å². The number of carbonyl (C=O) groups excluding carboxylic acids is 2. The summed E-state index contributed by atoms with van der Waals surface area (Å²) in [6.07, 6.45) is 1.67. The molecular formula is C15H13BrO2. The second-order valence-corrected chi connectivity index (χ2v) is 4.61. The van der Waals surface area contributed by atoms with Gasteiger partial charge in [-0.3, -0.25) is 9.59 Å². The third kappa shape index (κ3) is 5.06. The zero-order valence-corrected chi connectivity index (χ0v) is 11.6. The number of carbonyl (C=O) groups is 2. The fraction of sp³-hybridized carbons (Fsp3) is 0.0667. The van der Waals surface area contributed by atoms with Crippen LogP contribution in [0.1, 0.15) is 26.3 Å². The SMILES string of the molecule is Cc1ccc(C=O)cc1.O=Cc1ccc(Br)cc1. The molecule has 92 valence electrons. The van der Waals surface area contributed by atoms with Crippen LogP contribution in [0.15, 0.2) is 53.0 Å². The Bertz CT molecular complexity index is 452. The van der Waals surface area contributed by atoms with Crippen molar-refractivity contribution >= 4 is 28.5 Å². The fourth-order valence-corrected chi connectivity index (χ4v) is 1.45. The minimum atomic E-state index is 0.707. The molecule has 0 atom stereocenters. The lowest BCUT2D eigenvalue weighted by atomic mass is 10.2. The standard InChI is InChI=1S/C8H8O.C7H5BrO/c1-7-2-4-8(6-9)5-3-7;8-7-3-1-6(5-9)2-4-7/h2-6H,1H3;1-5H. The Morgan fingerprint density at radius 1 is 0.778 bits per heavy atom. The Kier molecular flexibility index (Phi) is 6.01. The van der Waals surface area contributed by atoms with E-state index in [1.807, 2.05) is 43.3 Å². The van der Waals surface area contributed by atoms with E-state index < -0.39 is 0 Å². The van der Waals surface area contributed by atoms with Gasteiger partial charge < -0.3 is 0 Å². The smallest absolute Gasteiger partial charge is 0.150 e. The fourth-order valence-electron chi connectivity index (χ4n) is 1.19. The molecule has 0 unspecified atom stereocenters. The first-order chi connectivity index (χ1) is 8.65. The van der Waals surface area contributed by atoms with Crippen molar-refractivity contribution in [3.05, 3.63) is 69.7 Å². The zero-order chi connectivity index (χ0) is 13.4. The van der Waals surface area contributed by atoms with Gasteiger partial charge in [0.15, 0.2) is 0 Å². The van der Waals surface area contributed by atoms with E-state index in [0.29, 0.717) is 5.56 Å². The van der Waals surface area contributed by atoms with Gasteiger partial charge in [0, 0.05) is 15.6 Å². The molecule has 0 aliphatic rings. The minimum Gasteiger partial charge on any atom is -0.298 e. The largest absolute Gasteiger partial charge is 0.298 e. The van der Waals surface area contributed by atoms with E-state index in [0.717, 1.165) is 22.6 Å². The molecule has 0 amide bonds. The summed E-state index contributed by atoms with van der Waals surface area (Å²) in [7, 11) is 0. The average molecular weight is 305 g/mol. The van der Waals surface area contributed by atoms with Gasteiger partial charge in [0.05, 0.1) is 0 Å². The quantitative estimate of drug-likeness (QED) is 0.784. The van der Waals surface area contributed by atoms with Crippen LogP contribution in [0.3, 0.4) is 0 Å². The second-order valence-electron chi connectivity index (χ2n) is 3.70. The highest BCUT2D eigenvalue weighted by Crippen LogP contribution is 2.08. The number of benzene rings is 2. The highest BCUT2D eigenvalue weighted by Gasteiger charge is 1.86. The first kappa shape index (κ1) is 14.3. The summed E-state index contributed by atoms with van der Waals surface area (Å²) in [6.45, 7) is 1.99. The van der Waals surface area contributed by atoms with Crippen LogP contribution < -0.4 is 0 Å². The van der Waals surface area contributed by atoms with E-state index in [4.69, 9.17) is 0 Å². The van der Waals surface area contributed by atoms with Crippen molar-refractivity contribution in [3.8, 4) is 0 Å². The molecule has 2 aromatic rings. The van der Waals surface area contributed by atoms with Crippen molar-refractivity contribution in [2.24, 2.45) is 0 Å². The molecule has 0 fully saturated rings. The number of aldehydes is 2. The molecule has 2 aromatic carbocycles. The van der Waals surface area contributed by atoms with E-state index in [1.54, 1.807) is 12.1 Å². The van der Waals surface area contributed by atoms with Crippen molar-refractivity contribution < 1.29 is 9.59 Å². The average Bonchev–Trinajstić information content (AvgIpc) is 2.41.